The second-order valence-electron chi connectivity index (χ2n) is 5.01. The summed E-state index contributed by atoms with van der Waals surface area (Å²) in [6.45, 7) is 1.96. The van der Waals surface area contributed by atoms with Gasteiger partial charge in [0.05, 0.1) is 6.04 Å². The van der Waals surface area contributed by atoms with Crippen LogP contribution >= 0.6 is 0 Å². The van der Waals surface area contributed by atoms with Crippen molar-refractivity contribution in [1.29, 1.82) is 0 Å². The molecule has 98 valence electrons. The lowest BCUT2D eigenvalue weighted by molar-refractivity contribution is -0.148. The Kier molecular flexibility index (Phi) is 2.38. The van der Waals surface area contributed by atoms with Crippen molar-refractivity contribution in [2.75, 3.05) is 5.73 Å². The van der Waals surface area contributed by atoms with Crippen LogP contribution in [0.3, 0.4) is 0 Å². The molecule has 2 unspecified atom stereocenters. The number of anilines is 1. The lowest BCUT2D eigenvalue weighted by Gasteiger charge is -2.37. The van der Waals surface area contributed by atoms with Crippen LogP contribution in [0.1, 0.15) is 18.9 Å². The number of benzene rings is 1. The Morgan fingerprint density at radius 1 is 1.37 bits per heavy atom. The molecule has 19 heavy (non-hydrogen) atoms. The van der Waals surface area contributed by atoms with Crippen LogP contribution in [0, 0.1) is 5.92 Å². The number of rotatable bonds is 2. The van der Waals surface area contributed by atoms with Gasteiger partial charge in [-0.15, -0.1) is 0 Å². The summed E-state index contributed by atoms with van der Waals surface area (Å²) in [7, 11) is 0. The van der Waals surface area contributed by atoms with E-state index in [1.807, 2.05) is 6.92 Å². The average Bonchev–Trinajstić information content (AvgIpc) is 2.59. The Bertz CT molecular complexity index is 604. The van der Waals surface area contributed by atoms with Crippen LogP contribution in [-0.2, 0) is 9.59 Å². The molecule has 1 aromatic carbocycles. The molecule has 0 aromatic heterocycles. The van der Waals surface area contributed by atoms with Gasteiger partial charge in [-0.05, 0) is 23.3 Å². The number of nitrogens with zero attached hydrogens (tertiary/aromatic N) is 1. The maximum Gasteiger partial charge on any atom is 0.352 e. The molecule has 1 saturated heterocycles. The Hall–Kier alpha value is -2.30. The van der Waals surface area contributed by atoms with E-state index in [1.165, 1.54) is 4.90 Å². The van der Waals surface area contributed by atoms with Crippen molar-refractivity contribution in [3.63, 3.8) is 0 Å². The van der Waals surface area contributed by atoms with Gasteiger partial charge in [0.25, 0.3) is 0 Å². The molecule has 3 N–H and O–H groups in total. The Morgan fingerprint density at radius 3 is 2.53 bits per heavy atom. The third-order valence-corrected chi connectivity index (χ3v) is 3.94. The number of nitrogen functional groups attached to an aromatic ring is 1. The van der Waals surface area contributed by atoms with Crippen LogP contribution in [0.25, 0.3) is 5.57 Å². The highest BCUT2D eigenvalue weighted by Gasteiger charge is 2.51. The van der Waals surface area contributed by atoms with Crippen molar-refractivity contribution in [3.05, 3.63) is 35.5 Å². The zero-order chi connectivity index (χ0) is 13.7. The lowest BCUT2D eigenvalue weighted by Crippen LogP contribution is -2.51. The molecule has 3 rings (SSSR count). The standard InChI is InChI=1S/C14H14N2O3/c1-7-10-6-11(17)16(10)13(14(18)19)12(7)8-2-4-9(15)5-3-8/h2-5,7,10H,6,15H2,1H3,(H,18,19). The first-order chi connectivity index (χ1) is 9.00. The second kappa shape index (κ2) is 3.85. The van der Waals surface area contributed by atoms with Gasteiger partial charge in [-0.2, -0.15) is 0 Å². The van der Waals surface area contributed by atoms with Crippen LogP contribution < -0.4 is 5.73 Å². The summed E-state index contributed by atoms with van der Waals surface area (Å²) in [5.41, 5.74) is 7.95. The third kappa shape index (κ3) is 1.54. The van der Waals surface area contributed by atoms with Gasteiger partial charge in [0.1, 0.15) is 5.70 Å². The van der Waals surface area contributed by atoms with Gasteiger partial charge in [0, 0.05) is 18.0 Å². The maximum absolute atomic E-state index is 11.6. The van der Waals surface area contributed by atoms with E-state index >= 15 is 0 Å². The predicted molar refractivity (Wildman–Crippen MR) is 69.8 cm³/mol. The molecule has 1 amide bonds. The number of carbonyl (C=O) groups excluding carboxylic acids is 1. The number of carboxylic acid groups (broad SMARTS) is 1. The zero-order valence-corrected chi connectivity index (χ0v) is 10.5. The summed E-state index contributed by atoms with van der Waals surface area (Å²) in [6.07, 6.45) is 0.427. The van der Waals surface area contributed by atoms with Crippen molar-refractivity contribution in [1.82, 2.24) is 4.90 Å². The first-order valence-corrected chi connectivity index (χ1v) is 6.16. The number of aliphatic carboxylic acids is 1. The Morgan fingerprint density at radius 2 is 2.00 bits per heavy atom. The number of amides is 1. The zero-order valence-electron chi connectivity index (χ0n) is 10.5. The minimum atomic E-state index is -1.05. The fraction of sp³-hybridized carbons (Fsp3) is 0.286. The van der Waals surface area contributed by atoms with Crippen molar-refractivity contribution in [3.8, 4) is 0 Å². The highest BCUT2D eigenvalue weighted by Crippen LogP contribution is 2.46. The highest BCUT2D eigenvalue weighted by atomic mass is 16.4. The summed E-state index contributed by atoms with van der Waals surface area (Å²) in [5.74, 6) is -1.12. The highest BCUT2D eigenvalue weighted by molar-refractivity contribution is 6.05. The minimum Gasteiger partial charge on any atom is -0.477 e. The number of fused-ring (bicyclic) bond motifs is 1. The summed E-state index contributed by atoms with van der Waals surface area (Å²) in [5, 5.41) is 9.38. The van der Waals surface area contributed by atoms with E-state index in [2.05, 4.69) is 0 Å². The number of hydrogen-bond donors (Lipinski definition) is 2. The van der Waals surface area contributed by atoms with E-state index in [-0.39, 0.29) is 23.6 Å². The number of nitrogens with two attached hydrogens (primary N) is 1. The molecule has 5 nitrogen and oxygen atoms in total. The fourth-order valence-electron chi connectivity index (χ4n) is 2.95. The number of hydrogen-bond acceptors (Lipinski definition) is 3. The van der Waals surface area contributed by atoms with Crippen molar-refractivity contribution >= 4 is 23.1 Å². The minimum absolute atomic E-state index is 0.00819. The Balaban J connectivity index is 2.14. The monoisotopic (exact) mass is 258 g/mol. The molecule has 2 heterocycles. The van der Waals surface area contributed by atoms with E-state index in [9.17, 15) is 14.7 Å². The lowest BCUT2D eigenvalue weighted by atomic mass is 9.87. The summed E-state index contributed by atoms with van der Waals surface area (Å²) in [6, 6.07) is 7.09. The van der Waals surface area contributed by atoms with Crippen LogP contribution in [0.2, 0.25) is 0 Å². The van der Waals surface area contributed by atoms with Gasteiger partial charge < -0.3 is 15.7 Å². The maximum atomic E-state index is 11.6. The summed E-state index contributed by atoms with van der Waals surface area (Å²) < 4.78 is 0. The summed E-state index contributed by atoms with van der Waals surface area (Å²) in [4.78, 5) is 24.5. The molecule has 0 spiro atoms. The second-order valence-corrected chi connectivity index (χ2v) is 5.01. The van der Waals surface area contributed by atoms with Crippen LogP contribution in [0.15, 0.2) is 30.0 Å². The SMILES string of the molecule is CC1C(c2ccc(N)cc2)=C(C(=O)O)N2C(=O)CC12. The largest absolute Gasteiger partial charge is 0.477 e. The molecule has 0 saturated carbocycles. The van der Waals surface area contributed by atoms with E-state index in [0.717, 1.165) is 11.1 Å². The van der Waals surface area contributed by atoms with E-state index in [0.29, 0.717) is 12.1 Å². The fourth-order valence-corrected chi connectivity index (χ4v) is 2.95. The molecule has 2 aliphatic rings. The van der Waals surface area contributed by atoms with Gasteiger partial charge in [-0.3, -0.25) is 4.79 Å². The molecule has 0 radical (unpaired) electrons. The summed E-state index contributed by atoms with van der Waals surface area (Å²) >= 11 is 0. The number of carbonyl (C=O) groups is 2. The van der Waals surface area contributed by atoms with Gasteiger partial charge in [0.15, 0.2) is 0 Å². The molecular weight excluding hydrogens is 244 g/mol. The van der Waals surface area contributed by atoms with E-state index in [4.69, 9.17) is 5.73 Å². The van der Waals surface area contributed by atoms with Crippen molar-refractivity contribution < 1.29 is 14.7 Å². The molecule has 0 bridgehead atoms. The predicted octanol–water partition coefficient (Wildman–Crippen LogP) is 1.32. The quantitative estimate of drug-likeness (QED) is 0.619. The van der Waals surface area contributed by atoms with Crippen LogP contribution in [-0.4, -0.2) is 27.9 Å². The van der Waals surface area contributed by atoms with Crippen molar-refractivity contribution in [2.45, 2.75) is 19.4 Å². The van der Waals surface area contributed by atoms with Crippen LogP contribution in [0.4, 0.5) is 5.69 Å². The molecular formula is C14H14N2O3. The number of carboxylic acids is 1. The molecule has 0 aliphatic carbocycles. The molecule has 5 heteroatoms. The molecule has 2 aliphatic heterocycles. The average molecular weight is 258 g/mol. The van der Waals surface area contributed by atoms with Crippen LogP contribution in [0.5, 0.6) is 0 Å². The van der Waals surface area contributed by atoms with E-state index in [1.54, 1.807) is 24.3 Å². The van der Waals surface area contributed by atoms with Gasteiger partial charge in [-0.25, -0.2) is 4.79 Å². The van der Waals surface area contributed by atoms with Gasteiger partial charge in [-0.1, -0.05) is 19.1 Å². The molecule has 1 aromatic rings. The first-order valence-electron chi connectivity index (χ1n) is 6.16. The normalized spacial score (nSPS) is 25.3. The molecule has 1 fully saturated rings. The molecule has 2 atom stereocenters. The first kappa shape index (κ1) is 11.8. The smallest absolute Gasteiger partial charge is 0.352 e. The number of β-lactam (4-membered cyclic amide) rings is 1. The van der Waals surface area contributed by atoms with E-state index < -0.39 is 5.97 Å². The Labute approximate surface area is 110 Å². The van der Waals surface area contributed by atoms with Gasteiger partial charge in [0.2, 0.25) is 5.91 Å². The topological polar surface area (TPSA) is 83.6 Å². The van der Waals surface area contributed by atoms with Crippen molar-refractivity contribution in [2.24, 2.45) is 5.92 Å². The van der Waals surface area contributed by atoms with Gasteiger partial charge >= 0.3 is 5.97 Å². The third-order valence-electron chi connectivity index (χ3n) is 3.94.